The number of anilines is 1. The van der Waals surface area contributed by atoms with Gasteiger partial charge in [0.05, 0.1) is 11.9 Å². The highest BCUT2D eigenvalue weighted by atomic mass is 19.3. The molecular weight excluding hydrogens is 446 g/mol. The van der Waals surface area contributed by atoms with E-state index in [1.54, 1.807) is 6.20 Å². The lowest BCUT2D eigenvalue weighted by atomic mass is 10.0. The summed E-state index contributed by atoms with van der Waals surface area (Å²) in [5, 5.41) is 5.88. The molecule has 7 heteroatoms. The average molecular weight is 483 g/mol. The molecule has 0 atom stereocenters. The van der Waals surface area contributed by atoms with Crippen LogP contribution in [0.4, 0.5) is 14.5 Å². The molecule has 1 aromatic carbocycles. The fraction of sp³-hybridized carbons (Fsp3) is 0.357. The molecule has 0 fully saturated rings. The molecule has 0 bridgehead atoms. The predicted molar refractivity (Wildman–Crippen MR) is 140 cm³/mol. The predicted octanol–water partition coefficient (Wildman–Crippen LogP) is 6.51. The van der Waals surface area contributed by atoms with E-state index in [1.807, 2.05) is 32.3 Å². The lowest BCUT2D eigenvalue weighted by Crippen LogP contribution is -2.23. The Morgan fingerprint density at radius 2 is 2.00 bits per heavy atom. The highest BCUT2D eigenvalue weighted by Crippen LogP contribution is 2.28. The van der Waals surface area contributed by atoms with Gasteiger partial charge in [-0.1, -0.05) is 25.1 Å². The quantitative estimate of drug-likeness (QED) is 0.268. The number of hydrogen-bond acceptors (Lipinski definition) is 4. The number of carbonyl (C=O) groups is 1. The fourth-order valence-electron chi connectivity index (χ4n) is 3.68. The number of aryl methyl sites for hydroxylation is 1. The van der Waals surface area contributed by atoms with E-state index in [0.717, 1.165) is 55.4 Å². The van der Waals surface area contributed by atoms with Crippen molar-refractivity contribution < 1.29 is 13.6 Å². The first kappa shape index (κ1) is 27.8. The van der Waals surface area contributed by atoms with Gasteiger partial charge in [-0.15, -0.1) is 6.58 Å². The zero-order valence-corrected chi connectivity index (χ0v) is 21.3. The molecular formula is C28H36F2N4O. The largest absolute Gasteiger partial charge is 0.393 e. The number of hydrogen-bond donors (Lipinski definition) is 2. The standard InChI is InChI=1S/C28H36F2N4O/c1-7-9-14-34(13-8-2)20(3)15-23(18-31-6)26-17-25(19-32-21(26)4)33-27(35)22-11-10-12-24(16-22)28(5,29)30/h7,10-12,15-19,31H,1,8-9,13-14H2,2-6H3,(H,33,35)/b20-15+,23-18+. The van der Waals surface area contributed by atoms with E-state index in [4.69, 9.17) is 0 Å². The Balaban J connectivity index is 2.36. The molecule has 1 aromatic heterocycles. The van der Waals surface area contributed by atoms with Gasteiger partial charge in [0.25, 0.3) is 11.8 Å². The summed E-state index contributed by atoms with van der Waals surface area (Å²) < 4.78 is 27.4. The molecule has 0 aliphatic rings. The van der Waals surface area contributed by atoms with Crippen LogP contribution in [0.15, 0.2) is 67.2 Å². The molecule has 0 saturated heterocycles. The topological polar surface area (TPSA) is 57.3 Å². The minimum absolute atomic E-state index is 0.158. The molecule has 0 aliphatic carbocycles. The Kier molecular flexibility index (Phi) is 10.2. The number of amides is 1. The van der Waals surface area contributed by atoms with Gasteiger partial charge in [0, 0.05) is 66.9 Å². The maximum atomic E-state index is 13.7. The van der Waals surface area contributed by atoms with Crippen LogP contribution in [0.1, 0.15) is 60.8 Å². The van der Waals surface area contributed by atoms with Crippen LogP contribution in [-0.2, 0) is 5.92 Å². The molecule has 5 nitrogen and oxygen atoms in total. The minimum atomic E-state index is -3.02. The van der Waals surface area contributed by atoms with Crippen molar-refractivity contribution in [3.05, 3.63) is 89.5 Å². The average Bonchev–Trinajstić information content (AvgIpc) is 2.82. The molecule has 188 valence electrons. The molecule has 2 aromatic rings. The highest BCUT2D eigenvalue weighted by molar-refractivity contribution is 6.04. The lowest BCUT2D eigenvalue weighted by molar-refractivity contribution is 0.0174. The summed E-state index contributed by atoms with van der Waals surface area (Å²) in [6.45, 7) is 12.6. The third kappa shape index (κ3) is 8.05. The van der Waals surface area contributed by atoms with E-state index in [2.05, 4.69) is 47.0 Å². The summed E-state index contributed by atoms with van der Waals surface area (Å²) in [7, 11) is 1.83. The molecule has 0 radical (unpaired) electrons. The van der Waals surface area contributed by atoms with Crippen molar-refractivity contribution in [3.8, 4) is 0 Å². The number of carbonyl (C=O) groups excluding carboxylic acids is 1. The van der Waals surface area contributed by atoms with E-state index < -0.39 is 11.8 Å². The molecule has 1 amide bonds. The van der Waals surface area contributed by atoms with Gasteiger partial charge in [-0.25, -0.2) is 8.78 Å². The lowest BCUT2D eigenvalue weighted by Gasteiger charge is -2.25. The number of rotatable bonds is 12. The van der Waals surface area contributed by atoms with Gasteiger partial charge < -0.3 is 15.5 Å². The van der Waals surface area contributed by atoms with Crippen LogP contribution in [0.3, 0.4) is 0 Å². The van der Waals surface area contributed by atoms with Gasteiger partial charge in [-0.05, 0) is 51.0 Å². The van der Waals surface area contributed by atoms with E-state index in [1.165, 1.54) is 24.3 Å². The van der Waals surface area contributed by atoms with Crippen LogP contribution >= 0.6 is 0 Å². The first-order valence-corrected chi connectivity index (χ1v) is 11.8. The van der Waals surface area contributed by atoms with Gasteiger partial charge in [0.1, 0.15) is 0 Å². The Morgan fingerprint density at radius 1 is 1.26 bits per heavy atom. The number of aromatic nitrogens is 1. The number of halogens is 2. The molecule has 2 rings (SSSR count). The zero-order valence-electron chi connectivity index (χ0n) is 21.3. The maximum Gasteiger partial charge on any atom is 0.270 e. The van der Waals surface area contributed by atoms with Gasteiger partial charge >= 0.3 is 0 Å². The summed E-state index contributed by atoms with van der Waals surface area (Å²) in [5.74, 6) is -3.50. The Hall–Kier alpha value is -3.48. The van der Waals surface area contributed by atoms with Crippen molar-refractivity contribution in [2.24, 2.45) is 0 Å². The van der Waals surface area contributed by atoms with Gasteiger partial charge in [-0.3, -0.25) is 9.78 Å². The summed E-state index contributed by atoms with van der Waals surface area (Å²) >= 11 is 0. The number of allylic oxidation sites excluding steroid dienone is 3. The van der Waals surface area contributed by atoms with Crippen LogP contribution in [0, 0.1) is 6.92 Å². The van der Waals surface area contributed by atoms with Gasteiger partial charge in [-0.2, -0.15) is 0 Å². The van der Waals surface area contributed by atoms with E-state index in [-0.39, 0.29) is 11.1 Å². The van der Waals surface area contributed by atoms with Crippen LogP contribution in [0.2, 0.25) is 0 Å². The zero-order chi connectivity index (χ0) is 26.0. The first-order valence-electron chi connectivity index (χ1n) is 11.8. The monoisotopic (exact) mass is 482 g/mol. The fourth-order valence-corrected chi connectivity index (χ4v) is 3.68. The summed E-state index contributed by atoms with van der Waals surface area (Å²) in [6, 6.07) is 7.33. The molecule has 0 unspecified atom stereocenters. The van der Waals surface area contributed by atoms with Crippen molar-refractivity contribution in [2.45, 2.75) is 46.5 Å². The van der Waals surface area contributed by atoms with Gasteiger partial charge in [0.2, 0.25) is 0 Å². The Bertz CT molecular complexity index is 1090. The number of benzene rings is 1. The summed E-state index contributed by atoms with van der Waals surface area (Å²) in [4.78, 5) is 19.6. The van der Waals surface area contributed by atoms with Crippen molar-refractivity contribution in [3.63, 3.8) is 0 Å². The molecule has 1 heterocycles. The highest BCUT2D eigenvalue weighted by Gasteiger charge is 2.25. The van der Waals surface area contributed by atoms with Gasteiger partial charge in [0.15, 0.2) is 0 Å². The third-order valence-corrected chi connectivity index (χ3v) is 5.55. The molecule has 35 heavy (non-hydrogen) atoms. The van der Waals surface area contributed by atoms with Crippen molar-refractivity contribution in [1.82, 2.24) is 15.2 Å². The van der Waals surface area contributed by atoms with E-state index in [9.17, 15) is 13.6 Å². The first-order chi connectivity index (χ1) is 16.6. The molecule has 0 saturated carbocycles. The number of nitrogens with zero attached hydrogens (tertiary/aromatic N) is 2. The summed E-state index contributed by atoms with van der Waals surface area (Å²) in [5.41, 5.74) is 4.11. The Labute approximate surface area is 207 Å². The van der Waals surface area contributed by atoms with E-state index >= 15 is 0 Å². The SMILES string of the molecule is C=CCCN(CCC)/C(C)=C/C(=C\NC)c1cc(NC(=O)c2cccc(C(C)(F)F)c2)cnc1C. The van der Waals surface area contributed by atoms with Crippen LogP contribution in [-0.4, -0.2) is 35.9 Å². The maximum absolute atomic E-state index is 13.7. The minimum Gasteiger partial charge on any atom is -0.393 e. The number of pyridine rings is 1. The third-order valence-electron chi connectivity index (χ3n) is 5.55. The van der Waals surface area contributed by atoms with Crippen molar-refractivity contribution >= 4 is 17.2 Å². The number of alkyl halides is 2. The molecule has 0 spiro atoms. The smallest absolute Gasteiger partial charge is 0.270 e. The second kappa shape index (κ2) is 12.8. The van der Waals surface area contributed by atoms with Crippen molar-refractivity contribution in [2.75, 3.05) is 25.5 Å². The molecule has 2 N–H and O–H groups in total. The summed E-state index contributed by atoms with van der Waals surface area (Å²) in [6.07, 6.45) is 9.39. The van der Waals surface area contributed by atoms with Crippen LogP contribution < -0.4 is 10.6 Å². The molecule has 0 aliphatic heterocycles. The van der Waals surface area contributed by atoms with Crippen molar-refractivity contribution in [1.29, 1.82) is 0 Å². The normalized spacial score (nSPS) is 12.3. The number of nitrogens with one attached hydrogen (secondary N) is 2. The second-order valence-corrected chi connectivity index (χ2v) is 8.52. The Morgan fingerprint density at radius 3 is 2.63 bits per heavy atom. The second-order valence-electron chi connectivity index (χ2n) is 8.52. The van der Waals surface area contributed by atoms with Crippen LogP contribution in [0.5, 0.6) is 0 Å². The van der Waals surface area contributed by atoms with Crippen LogP contribution in [0.25, 0.3) is 5.57 Å². The van der Waals surface area contributed by atoms with E-state index in [0.29, 0.717) is 5.69 Å².